The average molecular weight is 284 g/mol. The fraction of sp³-hybridized carbons (Fsp3) is 0.267. The van der Waals surface area contributed by atoms with Crippen LogP contribution in [-0.4, -0.2) is 21.7 Å². The minimum Gasteiger partial charge on any atom is -0.334 e. The Bertz CT molecular complexity index is 703. The molecule has 3 rings (SSSR count). The van der Waals surface area contributed by atoms with Crippen LogP contribution in [0.1, 0.15) is 30.7 Å². The lowest BCUT2D eigenvalue weighted by molar-refractivity contribution is 0.239. The molecule has 0 fully saturated rings. The van der Waals surface area contributed by atoms with Crippen molar-refractivity contribution in [3.63, 3.8) is 0 Å². The van der Waals surface area contributed by atoms with Crippen molar-refractivity contribution in [2.24, 2.45) is 4.99 Å². The van der Waals surface area contributed by atoms with Crippen molar-refractivity contribution in [2.75, 3.05) is 0 Å². The van der Waals surface area contributed by atoms with Crippen LogP contribution in [0.4, 0.5) is 0 Å². The molecule has 1 aromatic carbocycles. The summed E-state index contributed by atoms with van der Waals surface area (Å²) < 4.78 is 5.38. The Morgan fingerprint density at radius 1 is 1.38 bits per heavy atom. The Labute approximate surface area is 122 Å². The fourth-order valence-corrected chi connectivity index (χ4v) is 2.45. The second-order valence-corrected chi connectivity index (χ2v) is 4.96. The highest BCUT2D eigenvalue weighted by Crippen LogP contribution is 2.34. The van der Waals surface area contributed by atoms with Crippen molar-refractivity contribution in [2.45, 2.75) is 26.2 Å². The van der Waals surface area contributed by atoms with E-state index in [-0.39, 0.29) is 0 Å². The molecule has 0 atom stereocenters. The molecule has 0 spiro atoms. The van der Waals surface area contributed by atoms with Crippen molar-refractivity contribution >= 4 is 11.9 Å². The number of rotatable bonds is 4. The second kappa shape index (κ2) is 5.88. The average Bonchev–Trinajstić information content (AvgIpc) is 3.13. The second-order valence-electron chi connectivity index (χ2n) is 4.96. The van der Waals surface area contributed by atoms with Crippen molar-refractivity contribution in [1.29, 1.82) is 0 Å². The third kappa shape index (κ3) is 2.85. The van der Waals surface area contributed by atoms with Crippen LogP contribution >= 0.6 is 0 Å². The molecule has 6 heteroatoms. The van der Waals surface area contributed by atoms with E-state index in [2.05, 4.69) is 15.1 Å². The summed E-state index contributed by atoms with van der Waals surface area (Å²) in [6, 6.07) is 7.97. The molecular formula is C15H16N4O2. The number of aliphatic imine (C=N–C) groups is 1. The SMILES string of the molecule is Cc1cccc(-c2noc(C3=C(N=CNO)CCC3)n2)c1. The van der Waals surface area contributed by atoms with Gasteiger partial charge in [0, 0.05) is 11.1 Å². The Morgan fingerprint density at radius 2 is 2.29 bits per heavy atom. The summed E-state index contributed by atoms with van der Waals surface area (Å²) in [6.45, 7) is 2.03. The van der Waals surface area contributed by atoms with Gasteiger partial charge in [0.25, 0.3) is 5.89 Å². The number of aryl methyl sites for hydroxylation is 1. The Morgan fingerprint density at radius 3 is 3.10 bits per heavy atom. The maximum Gasteiger partial charge on any atom is 0.256 e. The number of nitrogens with zero attached hydrogens (tertiary/aromatic N) is 3. The molecule has 0 saturated carbocycles. The van der Waals surface area contributed by atoms with Crippen LogP contribution in [0.5, 0.6) is 0 Å². The largest absolute Gasteiger partial charge is 0.334 e. The fourth-order valence-electron chi connectivity index (χ4n) is 2.45. The number of hydrogen-bond acceptors (Lipinski definition) is 5. The normalized spacial score (nSPS) is 15.1. The lowest BCUT2D eigenvalue weighted by atomic mass is 10.1. The summed E-state index contributed by atoms with van der Waals surface area (Å²) in [5.41, 5.74) is 5.82. The number of nitrogens with one attached hydrogen (secondary N) is 1. The molecule has 1 aliphatic carbocycles. The number of hydrogen-bond donors (Lipinski definition) is 2. The molecule has 108 valence electrons. The molecule has 0 unspecified atom stereocenters. The standard InChI is InChI=1S/C15H16N4O2/c1-10-4-2-5-11(8-10)14-18-15(21-19-14)12-6-3-7-13(12)16-9-17-20/h2,4-5,8-9,20H,3,6-7H2,1H3,(H,16,17). The molecule has 2 N–H and O–H groups in total. The number of aromatic nitrogens is 2. The molecule has 0 amide bonds. The summed E-state index contributed by atoms with van der Waals surface area (Å²) in [4.78, 5) is 8.63. The smallest absolute Gasteiger partial charge is 0.256 e. The van der Waals surface area contributed by atoms with E-state index >= 15 is 0 Å². The van der Waals surface area contributed by atoms with Gasteiger partial charge >= 0.3 is 0 Å². The molecule has 1 aliphatic rings. The van der Waals surface area contributed by atoms with Gasteiger partial charge in [-0.05, 0) is 32.3 Å². The first-order valence-electron chi connectivity index (χ1n) is 6.83. The molecule has 21 heavy (non-hydrogen) atoms. The molecule has 2 aromatic rings. The predicted octanol–water partition coefficient (Wildman–Crippen LogP) is 2.95. The third-order valence-electron chi connectivity index (χ3n) is 3.43. The number of allylic oxidation sites excluding steroid dienone is 2. The van der Waals surface area contributed by atoms with Crippen molar-refractivity contribution < 1.29 is 9.73 Å². The van der Waals surface area contributed by atoms with E-state index in [4.69, 9.17) is 9.73 Å². The highest BCUT2D eigenvalue weighted by Gasteiger charge is 2.21. The van der Waals surface area contributed by atoms with Gasteiger partial charge in [-0.1, -0.05) is 28.9 Å². The van der Waals surface area contributed by atoms with Crippen molar-refractivity contribution in [3.05, 3.63) is 41.4 Å². The zero-order valence-electron chi connectivity index (χ0n) is 11.7. The Balaban J connectivity index is 1.93. The monoisotopic (exact) mass is 284 g/mol. The first-order chi connectivity index (χ1) is 10.3. The van der Waals surface area contributed by atoms with E-state index in [9.17, 15) is 0 Å². The zero-order chi connectivity index (χ0) is 14.7. The minimum atomic E-state index is 0.508. The van der Waals surface area contributed by atoms with Gasteiger partial charge in [-0.25, -0.2) is 4.99 Å². The molecule has 1 aromatic heterocycles. The molecule has 0 aliphatic heterocycles. The lowest BCUT2D eigenvalue weighted by Gasteiger charge is -1.97. The van der Waals surface area contributed by atoms with Gasteiger partial charge in [0.05, 0.1) is 5.70 Å². The summed E-state index contributed by atoms with van der Waals surface area (Å²) in [6.07, 6.45) is 3.94. The maximum absolute atomic E-state index is 8.59. The summed E-state index contributed by atoms with van der Waals surface area (Å²) in [7, 11) is 0. The third-order valence-corrected chi connectivity index (χ3v) is 3.43. The highest BCUT2D eigenvalue weighted by molar-refractivity contribution is 5.69. The van der Waals surface area contributed by atoms with Crippen LogP contribution in [0.15, 0.2) is 39.5 Å². The van der Waals surface area contributed by atoms with Crippen LogP contribution in [0.3, 0.4) is 0 Å². The van der Waals surface area contributed by atoms with Crippen LogP contribution in [-0.2, 0) is 0 Å². The zero-order valence-corrected chi connectivity index (χ0v) is 11.7. The van der Waals surface area contributed by atoms with Gasteiger partial charge in [-0.3, -0.25) is 10.7 Å². The lowest BCUT2D eigenvalue weighted by Crippen LogP contribution is -2.02. The highest BCUT2D eigenvalue weighted by atomic mass is 16.5. The first kappa shape index (κ1) is 13.5. The molecule has 0 bridgehead atoms. The minimum absolute atomic E-state index is 0.508. The molecule has 1 heterocycles. The quantitative estimate of drug-likeness (QED) is 0.512. The van der Waals surface area contributed by atoms with Gasteiger partial charge in [0.2, 0.25) is 5.82 Å². The van der Waals surface area contributed by atoms with Gasteiger partial charge in [-0.2, -0.15) is 4.98 Å². The van der Waals surface area contributed by atoms with Crippen LogP contribution < -0.4 is 5.48 Å². The van der Waals surface area contributed by atoms with Gasteiger partial charge in [0.1, 0.15) is 6.34 Å². The molecular weight excluding hydrogens is 268 g/mol. The summed E-state index contributed by atoms with van der Waals surface area (Å²) in [5, 5.41) is 12.6. The summed E-state index contributed by atoms with van der Waals surface area (Å²) in [5.74, 6) is 1.09. The molecule has 6 nitrogen and oxygen atoms in total. The Hall–Kier alpha value is -2.47. The topological polar surface area (TPSA) is 83.5 Å². The van der Waals surface area contributed by atoms with E-state index in [1.165, 1.54) is 6.34 Å². The van der Waals surface area contributed by atoms with Gasteiger partial charge < -0.3 is 4.52 Å². The van der Waals surface area contributed by atoms with E-state index in [0.717, 1.165) is 41.7 Å². The van der Waals surface area contributed by atoms with Crippen LogP contribution in [0, 0.1) is 6.92 Å². The van der Waals surface area contributed by atoms with Gasteiger partial charge in [-0.15, -0.1) is 0 Å². The van der Waals surface area contributed by atoms with Crippen LogP contribution in [0.2, 0.25) is 0 Å². The van der Waals surface area contributed by atoms with Crippen molar-refractivity contribution in [3.8, 4) is 11.4 Å². The van der Waals surface area contributed by atoms with E-state index in [1.807, 2.05) is 36.7 Å². The van der Waals surface area contributed by atoms with Gasteiger partial charge in [0.15, 0.2) is 0 Å². The Kier molecular flexibility index (Phi) is 3.79. The first-order valence-corrected chi connectivity index (χ1v) is 6.83. The number of hydroxylamine groups is 1. The molecule has 0 saturated heterocycles. The summed E-state index contributed by atoms with van der Waals surface area (Å²) >= 11 is 0. The number of benzene rings is 1. The van der Waals surface area contributed by atoms with Crippen molar-refractivity contribution in [1.82, 2.24) is 15.6 Å². The van der Waals surface area contributed by atoms with Crippen LogP contribution in [0.25, 0.3) is 17.0 Å². The predicted molar refractivity (Wildman–Crippen MR) is 78.7 cm³/mol. The van der Waals surface area contributed by atoms with E-state index in [0.29, 0.717) is 11.7 Å². The maximum atomic E-state index is 8.59. The molecule has 0 radical (unpaired) electrons. The van der Waals surface area contributed by atoms with E-state index < -0.39 is 0 Å². The van der Waals surface area contributed by atoms with E-state index in [1.54, 1.807) is 0 Å².